The Balaban J connectivity index is 2.21. The van der Waals surface area contributed by atoms with Gasteiger partial charge in [0.25, 0.3) is 11.6 Å². The van der Waals surface area contributed by atoms with Gasteiger partial charge in [-0.05, 0) is 18.9 Å². The van der Waals surface area contributed by atoms with Crippen LogP contribution in [0.1, 0.15) is 42.5 Å². The first-order chi connectivity index (χ1) is 9.96. The van der Waals surface area contributed by atoms with Gasteiger partial charge in [-0.1, -0.05) is 30.9 Å². The molecule has 1 aliphatic rings. The van der Waals surface area contributed by atoms with Crippen LogP contribution in [0.3, 0.4) is 0 Å². The second kappa shape index (κ2) is 6.41. The van der Waals surface area contributed by atoms with E-state index in [0.29, 0.717) is 12.8 Å². The molecule has 2 N–H and O–H groups in total. The van der Waals surface area contributed by atoms with E-state index in [2.05, 4.69) is 5.32 Å². The zero-order valence-corrected chi connectivity index (χ0v) is 12.2. The predicted molar refractivity (Wildman–Crippen MR) is 78.5 cm³/mol. The number of non-ortho nitro benzene ring substituents is 1. The highest BCUT2D eigenvalue weighted by molar-refractivity contribution is 6.31. The predicted octanol–water partition coefficient (Wildman–Crippen LogP) is 2.67. The Labute approximate surface area is 127 Å². The fourth-order valence-corrected chi connectivity index (χ4v) is 2.90. The average molecular weight is 313 g/mol. The molecule has 1 aromatic rings. The largest absolute Gasteiger partial charge is 0.394 e. The van der Waals surface area contributed by atoms with Crippen molar-refractivity contribution in [2.45, 2.75) is 37.6 Å². The van der Waals surface area contributed by atoms with Crippen LogP contribution in [0.5, 0.6) is 0 Å². The van der Waals surface area contributed by atoms with Gasteiger partial charge >= 0.3 is 0 Å². The Bertz CT molecular complexity index is 556. The van der Waals surface area contributed by atoms with Crippen LogP contribution in [-0.4, -0.2) is 28.1 Å². The van der Waals surface area contributed by atoms with Crippen LogP contribution in [-0.2, 0) is 0 Å². The van der Waals surface area contributed by atoms with Gasteiger partial charge in [-0.2, -0.15) is 0 Å². The number of nitro benzene ring substituents is 1. The molecule has 0 bridgehead atoms. The lowest BCUT2D eigenvalue weighted by molar-refractivity contribution is -0.384. The van der Waals surface area contributed by atoms with E-state index >= 15 is 0 Å². The minimum atomic E-state index is -0.633. The highest BCUT2D eigenvalue weighted by Crippen LogP contribution is 2.28. The third kappa shape index (κ3) is 3.71. The molecular weight excluding hydrogens is 296 g/mol. The number of aliphatic hydroxyl groups is 1. The standard InChI is InChI=1S/C14H17ClN2O4/c15-11-6-10(7-12(8-11)17(20)21)13(19)16-14(9-18)4-2-1-3-5-14/h6-8,18H,1-5,9H2,(H,16,19). The summed E-state index contributed by atoms with van der Waals surface area (Å²) < 4.78 is 0. The van der Waals surface area contributed by atoms with E-state index in [9.17, 15) is 20.0 Å². The normalized spacial score (nSPS) is 17.2. The van der Waals surface area contributed by atoms with E-state index in [-0.39, 0.29) is 22.9 Å². The first kappa shape index (κ1) is 15.7. The van der Waals surface area contributed by atoms with Crippen LogP contribution in [0.15, 0.2) is 18.2 Å². The summed E-state index contributed by atoms with van der Waals surface area (Å²) in [6.07, 6.45) is 4.38. The van der Waals surface area contributed by atoms with E-state index < -0.39 is 16.4 Å². The molecule has 2 rings (SSSR count). The molecule has 7 heteroatoms. The van der Waals surface area contributed by atoms with Gasteiger partial charge in [0.15, 0.2) is 0 Å². The monoisotopic (exact) mass is 312 g/mol. The van der Waals surface area contributed by atoms with Gasteiger partial charge in [0.1, 0.15) is 0 Å². The van der Waals surface area contributed by atoms with Crippen molar-refractivity contribution in [3.8, 4) is 0 Å². The van der Waals surface area contributed by atoms with Crippen molar-refractivity contribution < 1.29 is 14.8 Å². The minimum absolute atomic E-state index is 0.132. The maximum atomic E-state index is 12.3. The third-order valence-electron chi connectivity index (χ3n) is 3.85. The number of carbonyl (C=O) groups excluding carboxylic acids is 1. The quantitative estimate of drug-likeness (QED) is 0.660. The maximum absolute atomic E-state index is 12.3. The van der Waals surface area contributed by atoms with Gasteiger partial charge in [-0.3, -0.25) is 14.9 Å². The molecule has 0 aliphatic heterocycles. The molecule has 0 saturated heterocycles. The summed E-state index contributed by atoms with van der Waals surface area (Å²) in [6.45, 7) is -0.138. The van der Waals surface area contributed by atoms with Gasteiger partial charge in [-0.15, -0.1) is 0 Å². The molecule has 1 saturated carbocycles. The first-order valence-electron chi connectivity index (χ1n) is 6.84. The average Bonchev–Trinajstić information content (AvgIpc) is 2.47. The van der Waals surface area contributed by atoms with Crippen LogP contribution >= 0.6 is 11.6 Å². The van der Waals surface area contributed by atoms with E-state index in [1.807, 2.05) is 0 Å². The van der Waals surface area contributed by atoms with Crippen molar-refractivity contribution in [3.05, 3.63) is 38.9 Å². The topological polar surface area (TPSA) is 92.5 Å². The van der Waals surface area contributed by atoms with Crippen LogP contribution in [0.2, 0.25) is 5.02 Å². The first-order valence-corrected chi connectivity index (χ1v) is 7.22. The zero-order chi connectivity index (χ0) is 15.5. The molecule has 0 spiro atoms. The lowest BCUT2D eigenvalue weighted by Crippen LogP contribution is -2.52. The number of amides is 1. The number of rotatable bonds is 4. The molecule has 0 aromatic heterocycles. The summed E-state index contributed by atoms with van der Waals surface area (Å²) in [4.78, 5) is 22.5. The van der Waals surface area contributed by atoms with E-state index in [4.69, 9.17) is 11.6 Å². The number of aliphatic hydroxyl groups excluding tert-OH is 1. The van der Waals surface area contributed by atoms with E-state index in [0.717, 1.165) is 19.3 Å². The van der Waals surface area contributed by atoms with Gasteiger partial charge in [0, 0.05) is 22.7 Å². The van der Waals surface area contributed by atoms with Crippen molar-refractivity contribution in [1.29, 1.82) is 0 Å². The number of hydrogen-bond acceptors (Lipinski definition) is 4. The lowest BCUT2D eigenvalue weighted by atomic mass is 9.82. The number of nitrogens with zero attached hydrogens (tertiary/aromatic N) is 1. The van der Waals surface area contributed by atoms with E-state index in [1.165, 1.54) is 18.2 Å². The molecule has 1 aromatic carbocycles. The Morgan fingerprint density at radius 3 is 2.57 bits per heavy atom. The summed E-state index contributed by atoms with van der Waals surface area (Å²) in [6, 6.07) is 3.77. The van der Waals surface area contributed by atoms with Crippen molar-refractivity contribution in [3.63, 3.8) is 0 Å². The summed E-state index contributed by atoms with van der Waals surface area (Å²) in [5.41, 5.74) is -0.728. The number of carbonyl (C=O) groups is 1. The molecule has 1 fully saturated rings. The number of halogens is 1. The second-order valence-electron chi connectivity index (χ2n) is 5.41. The third-order valence-corrected chi connectivity index (χ3v) is 4.07. The fraction of sp³-hybridized carbons (Fsp3) is 0.500. The molecule has 1 amide bonds. The molecule has 0 heterocycles. The maximum Gasteiger partial charge on any atom is 0.271 e. The molecule has 21 heavy (non-hydrogen) atoms. The Kier molecular flexibility index (Phi) is 4.80. The smallest absolute Gasteiger partial charge is 0.271 e. The molecule has 0 atom stereocenters. The Hall–Kier alpha value is -1.66. The van der Waals surface area contributed by atoms with Crippen molar-refractivity contribution >= 4 is 23.2 Å². The van der Waals surface area contributed by atoms with Crippen LogP contribution < -0.4 is 5.32 Å². The number of nitrogens with one attached hydrogen (secondary N) is 1. The Morgan fingerprint density at radius 2 is 2.00 bits per heavy atom. The van der Waals surface area contributed by atoms with Gasteiger partial charge in [0.05, 0.1) is 17.1 Å². The fourth-order valence-electron chi connectivity index (χ4n) is 2.67. The summed E-state index contributed by atoms with van der Waals surface area (Å²) in [7, 11) is 0. The zero-order valence-electron chi connectivity index (χ0n) is 11.5. The summed E-state index contributed by atoms with van der Waals surface area (Å²) in [5, 5.41) is 23.4. The number of hydrogen-bond donors (Lipinski definition) is 2. The number of benzene rings is 1. The molecule has 6 nitrogen and oxygen atoms in total. The van der Waals surface area contributed by atoms with Crippen LogP contribution in [0, 0.1) is 10.1 Å². The molecule has 0 radical (unpaired) electrons. The number of nitro groups is 1. The van der Waals surface area contributed by atoms with Crippen molar-refractivity contribution in [2.75, 3.05) is 6.61 Å². The molecule has 114 valence electrons. The minimum Gasteiger partial charge on any atom is -0.394 e. The van der Waals surface area contributed by atoms with Crippen molar-refractivity contribution in [1.82, 2.24) is 5.32 Å². The molecule has 1 aliphatic carbocycles. The second-order valence-corrected chi connectivity index (χ2v) is 5.84. The van der Waals surface area contributed by atoms with Crippen LogP contribution in [0.4, 0.5) is 5.69 Å². The Morgan fingerprint density at radius 1 is 1.33 bits per heavy atom. The highest BCUT2D eigenvalue weighted by Gasteiger charge is 2.33. The van der Waals surface area contributed by atoms with Crippen LogP contribution in [0.25, 0.3) is 0 Å². The van der Waals surface area contributed by atoms with Gasteiger partial charge < -0.3 is 10.4 Å². The highest BCUT2D eigenvalue weighted by atomic mass is 35.5. The van der Waals surface area contributed by atoms with E-state index in [1.54, 1.807) is 0 Å². The van der Waals surface area contributed by atoms with Crippen molar-refractivity contribution in [2.24, 2.45) is 0 Å². The molecular formula is C14H17ClN2O4. The SMILES string of the molecule is O=C(NC1(CO)CCCCC1)c1cc(Cl)cc([N+](=O)[O-])c1. The van der Waals surface area contributed by atoms with Gasteiger partial charge in [0.2, 0.25) is 0 Å². The summed E-state index contributed by atoms with van der Waals surface area (Å²) >= 11 is 5.82. The lowest BCUT2D eigenvalue weighted by Gasteiger charge is -2.36. The van der Waals surface area contributed by atoms with Gasteiger partial charge in [-0.25, -0.2) is 0 Å². The summed E-state index contributed by atoms with van der Waals surface area (Å²) in [5.74, 6) is -0.448. The molecule has 0 unspecified atom stereocenters.